The number of aromatic nitrogens is 1. The molecule has 3 rings (SSSR count). The monoisotopic (exact) mass is 285 g/mol. The maximum absolute atomic E-state index is 13.0. The molecular formula is C18H20FNO. The minimum absolute atomic E-state index is 0.0347. The summed E-state index contributed by atoms with van der Waals surface area (Å²) in [7, 11) is 0. The Morgan fingerprint density at radius 1 is 1.29 bits per heavy atom. The molecule has 1 aromatic heterocycles. The number of aryl methyl sites for hydroxylation is 1. The third-order valence-corrected chi connectivity index (χ3v) is 4.42. The van der Waals surface area contributed by atoms with Crippen molar-refractivity contribution >= 4 is 0 Å². The van der Waals surface area contributed by atoms with E-state index in [9.17, 15) is 9.50 Å². The van der Waals surface area contributed by atoms with Gasteiger partial charge in [0.1, 0.15) is 5.82 Å². The predicted octanol–water partition coefficient (Wildman–Crippen LogP) is 3.63. The van der Waals surface area contributed by atoms with Crippen molar-refractivity contribution in [2.75, 3.05) is 0 Å². The number of halogens is 1. The quantitative estimate of drug-likeness (QED) is 0.934. The van der Waals surface area contributed by atoms with Crippen LogP contribution in [0, 0.1) is 5.82 Å². The number of hydrogen-bond donors (Lipinski definition) is 1. The molecule has 21 heavy (non-hydrogen) atoms. The highest BCUT2D eigenvalue weighted by atomic mass is 19.1. The van der Waals surface area contributed by atoms with Gasteiger partial charge in [-0.25, -0.2) is 4.39 Å². The largest absolute Gasteiger partial charge is 0.389 e. The molecule has 1 N–H and O–H groups in total. The second-order valence-corrected chi connectivity index (χ2v) is 6.15. The van der Waals surface area contributed by atoms with Crippen LogP contribution in [0.25, 0.3) is 0 Å². The summed E-state index contributed by atoms with van der Waals surface area (Å²) in [4.78, 5) is 4.50. The normalized spacial score (nSPS) is 20.6. The van der Waals surface area contributed by atoms with Crippen LogP contribution in [0.4, 0.5) is 4.39 Å². The summed E-state index contributed by atoms with van der Waals surface area (Å²) in [5.41, 5.74) is 2.34. The second kappa shape index (κ2) is 5.57. The highest BCUT2D eigenvalue weighted by Gasteiger charge is 2.36. The first-order valence-electron chi connectivity index (χ1n) is 7.47. The summed E-state index contributed by atoms with van der Waals surface area (Å²) in [6.07, 6.45) is 5.35. The highest BCUT2D eigenvalue weighted by Crippen LogP contribution is 2.39. The lowest BCUT2D eigenvalue weighted by Gasteiger charge is -2.36. The van der Waals surface area contributed by atoms with Crippen molar-refractivity contribution in [3.63, 3.8) is 0 Å². The molecule has 3 heteroatoms. The number of fused-ring (bicyclic) bond motifs is 1. The molecular weight excluding hydrogens is 265 g/mol. The zero-order valence-electron chi connectivity index (χ0n) is 12.2. The van der Waals surface area contributed by atoms with Gasteiger partial charge in [-0.1, -0.05) is 18.2 Å². The van der Waals surface area contributed by atoms with E-state index in [1.165, 1.54) is 17.7 Å². The van der Waals surface area contributed by atoms with Crippen LogP contribution >= 0.6 is 0 Å². The molecule has 1 aliphatic carbocycles. The Bertz CT molecular complexity index is 621. The number of aliphatic hydroxyl groups is 1. The Labute approximate surface area is 124 Å². The summed E-state index contributed by atoms with van der Waals surface area (Å²) in [6.45, 7) is 1.87. The summed E-state index contributed by atoms with van der Waals surface area (Å²) >= 11 is 0. The van der Waals surface area contributed by atoms with Gasteiger partial charge in [-0.3, -0.25) is 4.98 Å². The second-order valence-electron chi connectivity index (χ2n) is 6.15. The first-order chi connectivity index (χ1) is 10.1. The maximum Gasteiger partial charge on any atom is 0.123 e. The number of nitrogens with zero attached hydrogens (tertiary/aromatic N) is 1. The van der Waals surface area contributed by atoms with Gasteiger partial charge in [0.15, 0.2) is 0 Å². The van der Waals surface area contributed by atoms with Gasteiger partial charge >= 0.3 is 0 Å². The molecule has 0 fully saturated rings. The van der Waals surface area contributed by atoms with Crippen LogP contribution in [0.2, 0.25) is 0 Å². The Morgan fingerprint density at radius 3 is 2.81 bits per heavy atom. The summed E-state index contributed by atoms with van der Waals surface area (Å²) in [6, 6.07) is 10.4. The van der Waals surface area contributed by atoms with Crippen molar-refractivity contribution < 1.29 is 9.50 Å². The van der Waals surface area contributed by atoms with Crippen LogP contribution in [0.5, 0.6) is 0 Å². The lowest BCUT2D eigenvalue weighted by molar-refractivity contribution is 0.0233. The molecule has 0 radical (unpaired) electrons. The number of benzene rings is 1. The number of pyridine rings is 1. The lowest BCUT2D eigenvalue weighted by atomic mass is 9.74. The van der Waals surface area contributed by atoms with Crippen molar-refractivity contribution in [1.29, 1.82) is 0 Å². The van der Waals surface area contributed by atoms with Gasteiger partial charge in [0.05, 0.1) is 5.60 Å². The molecule has 1 aromatic carbocycles. The van der Waals surface area contributed by atoms with Crippen LogP contribution in [0.15, 0.2) is 42.6 Å². The van der Waals surface area contributed by atoms with Crippen LogP contribution in [0.3, 0.4) is 0 Å². The Hall–Kier alpha value is -1.74. The number of rotatable bonds is 3. The van der Waals surface area contributed by atoms with Crippen LogP contribution in [-0.4, -0.2) is 15.7 Å². The molecule has 1 aliphatic rings. The van der Waals surface area contributed by atoms with Gasteiger partial charge < -0.3 is 5.11 Å². The van der Waals surface area contributed by atoms with Crippen molar-refractivity contribution in [3.8, 4) is 0 Å². The molecule has 0 aliphatic heterocycles. The third kappa shape index (κ3) is 2.98. The summed E-state index contributed by atoms with van der Waals surface area (Å²) < 4.78 is 13.0. The fraction of sp³-hybridized carbons (Fsp3) is 0.389. The first-order valence-corrected chi connectivity index (χ1v) is 7.47. The minimum Gasteiger partial charge on any atom is -0.389 e. The first kappa shape index (κ1) is 14.2. The van der Waals surface area contributed by atoms with Gasteiger partial charge in [-0.05, 0) is 55.5 Å². The Kier molecular flexibility index (Phi) is 3.77. The maximum atomic E-state index is 13.0. The van der Waals surface area contributed by atoms with E-state index in [1.54, 1.807) is 18.3 Å². The zero-order chi connectivity index (χ0) is 14.9. The number of hydrogen-bond acceptors (Lipinski definition) is 2. The molecule has 2 aromatic rings. The van der Waals surface area contributed by atoms with Gasteiger partial charge in [0.2, 0.25) is 0 Å². The van der Waals surface area contributed by atoms with E-state index in [1.807, 2.05) is 13.0 Å². The van der Waals surface area contributed by atoms with Gasteiger partial charge in [0.25, 0.3) is 0 Å². The third-order valence-electron chi connectivity index (χ3n) is 4.42. The SMILES string of the molecule is CC(O)(Cc1ccc(F)cc1)C1CCCc2cccnc21. The molecule has 2 atom stereocenters. The van der Waals surface area contributed by atoms with Gasteiger partial charge in [0, 0.05) is 24.2 Å². The van der Waals surface area contributed by atoms with E-state index in [0.29, 0.717) is 6.42 Å². The van der Waals surface area contributed by atoms with Crippen molar-refractivity contribution in [1.82, 2.24) is 4.98 Å². The van der Waals surface area contributed by atoms with Crippen LogP contribution < -0.4 is 0 Å². The minimum atomic E-state index is -0.874. The average Bonchev–Trinajstić information content (AvgIpc) is 2.49. The molecule has 1 heterocycles. The van der Waals surface area contributed by atoms with Crippen molar-refractivity contribution in [3.05, 3.63) is 65.2 Å². The molecule has 2 unspecified atom stereocenters. The zero-order valence-corrected chi connectivity index (χ0v) is 12.2. The molecule has 0 saturated heterocycles. The molecule has 110 valence electrons. The Balaban J connectivity index is 1.87. The molecule has 0 bridgehead atoms. The highest BCUT2D eigenvalue weighted by molar-refractivity contribution is 5.30. The van der Waals surface area contributed by atoms with E-state index < -0.39 is 5.60 Å². The van der Waals surface area contributed by atoms with Crippen molar-refractivity contribution in [2.45, 2.75) is 44.1 Å². The van der Waals surface area contributed by atoms with E-state index >= 15 is 0 Å². The van der Waals surface area contributed by atoms with Crippen LogP contribution in [-0.2, 0) is 12.8 Å². The molecule has 0 amide bonds. The Morgan fingerprint density at radius 2 is 2.05 bits per heavy atom. The standard InChI is InChI=1S/C18H20FNO/c1-18(21,12-13-7-9-15(19)10-8-13)16-6-2-4-14-5-3-11-20-17(14)16/h3,5,7-11,16,21H,2,4,6,12H2,1H3. The summed E-state index contributed by atoms with van der Waals surface area (Å²) in [5.74, 6) is -0.212. The summed E-state index contributed by atoms with van der Waals surface area (Å²) in [5, 5.41) is 11.0. The predicted molar refractivity (Wildman–Crippen MR) is 80.6 cm³/mol. The fourth-order valence-corrected chi connectivity index (χ4v) is 3.35. The van der Waals surface area contributed by atoms with E-state index in [-0.39, 0.29) is 11.7 Å². The fourth-order valence-electron chi connectivity index (χ4n) is 3.35. The van der Waals surface area contributed by atoms with Gasteiger partial charge in [-0.2, -0.15) is 0 Å². The molecule has 0 spiro atoms. The van der Waals surface area contributed by atoms with E-state index in [2.05, 4.69) is 11.1 Å². The lowest BCUT2D eigenvalue weighted by Crippen LogP contribution is -2.37. The van der Waals surface area contributed by atoms with Crippen molar-refractivity contribution in [2.24, 2.45) is 0 Å². The molecule has 0 saturated carbocycles. The van der Waals surface area contributed by atoms with E-state index in [4.69, 9.17) is 0 Å². The molecule has 2 nitrogen and oxygen atoms in total. The topological polar surface area (TPSA) is 33.1 Å². The average molecular weight is 285 g/mol. The van der Waals surface area contributed by atoms with E-state index in [0.717, 1.165) is 30.5 Å². The van der Waals surface area contributed by atoms with Gasteiger partial charge in [-0.15, -0.1) is 0 Å². The smallest absolute Gasteiger partial charge is 0.123 e. The van der Waals surface area contributed by atoms with Crippen LogP contribution in [0.1, 0.15) is 42.5 Å².